The number of ketones is 1. The van der Waals surface area contributed by atoms with Gasteiger partial charge in [0.25, 0.3) is 0 Å². The first-order valence-corrected chi connectivity index (χ1v) is 8.35. The number of hydrogen-bond acceptors (Lipinski definition) is 2. The number of benzene rings is 1. The minimum absolute atomic E-state index is 0.0196. The molecule has 3 aliphatic rings. The molecule has 1 saturated carbocycles. The highest BCUT2D eigenvalue weighted by atomic mass is 79.9. The lowest BCUT2D eigenvalue weighted by Crippen LogP contribution is -2.22. The van der Waals surface area contributed by atoms with Gasteiger partial charge in [0.15, 0.2) is 5.78 Å². The van der Waals surface area contributed by atoms with E-state index in [-0.39, 0.29) is 17.6 Å². The van der Waals surface area contributed by atoms with Crippen molar-refractivity contribution in [3.63, 3.8) is 0 Å². The van der Waals surface area contributed by atoms with Crippen molar-refractivity contribution in [3.8, 4) is 0 Å². The van der Waals surface area contributed by atoms with Gasteiger partial charge in [0, 0.05) is 16.3 Å². The molecule has 0 radical (unpaired) electrons. The van der Waals surface area contributed by atoms with Gasteiger partial charge in [0.1, 0.15) is 5.76 Å². The van der Waals surface area contributed by atoms with Crippen LogP contribution in [0.1, 0.15) is 24.5 Å². The highest BCUT2D eigenvalue weighted by Crippen LogP contribution is 2.57. The van der Waals surface area contributed by atoms with Crippen molar-refractivity contribution in [3.05, 3.63) is 51.7 Å². The van der Waals surface area contributed by atoms with E-state index >= 15 is 0 Å². The van der Waals surface area contributed by atoms with Crippen LogP contribution in [0.15, 0.2) is 40.6 Å². The van der Waals surface area contributed by atoms with Crippen LogP contribution in [0.4, 0.5) is 0 Å². The molecule has 1 N–H and O–H groups in total. The third-order valence-corrected chi connectivity index (χ3v) is 5.80. The monoisotopic (exact) mass is 344 g/mol. The zero-order valence-corrected chi connectivity index (χ0v) is 13.4. The molecular weight excluding hydrogens is 328 g/mol. The molecule has 0 heterocycles. The Balaban J connectivity index is 1.86. The summed E-state index contributed by atoms with van der Waals surface area (Å²) in [5.41, 5.74) is 2.60. The minimum atomic E-state index is -0.0290. The van der Waals surface area contributed by atoms with E-state index in [0.717, 1.165) is 28.4 Å². The van der Waals surface area contributed by atoms with Gasteiger partial charge in [-0.15, -0.1) is 0 Å². The summed E-state index contributed by atoms with van der Waals surface area (Å²) in [6.45, 7) is 2.08. The van der Waals surface area contributed by atoms with Crippen LogP contribution < -0.4 is 0 Å². The van der Waals surface area contributed by atoms with E-state index in [1.165, 1.54) is 0 Å². The third-order valence-electron chi connectivity index (χ3n) is 5.30. The summed E-state index contributed by atoms with van der Waals surface area (Å²) in [6.07, 6.45) is 6.23. The van der Waals surface area contributed by atoms with E-state index in [9.17, 15) is 9.90 Å². The number of halogens is 1. The van der Waals surface area contributed by atoms with Crippen molar-refractivity contribution in [2.75, 3.05) is 0 Å². The number of hydrogen-bond donors (Lipinski definition) is 1. The van der Waals surface area contributed by atoms with Crippen molar-refractivity contribution < 1.29 is 9.90 Å². The fraction of sp³-hybridized carbons (Fsp3) is 0.389. The number of aliphatic hydroxyl groups is 1. The van der Waals surface area contributed by atoms with E-state index in [4.69, 9.17) is 0 Å². The van der Waals surface area contributed by atoms with Gasteiger partial charge in [-0.2, -0.15) is 0 Å². The van der Waals surface area contributed by atoms with Crippen LogP contribution in [0.25, 0.3) is 5.57 Å². The molecule has 2 bridgehead atoms. The Labute approximate surface area is 132 Å². The summed E-state index contributed by atoms with van der Waals surface area (Å²) in [7, 11) is 0. The maximum atomic E-state index is 12.9. The van der Waals surface area contributed by atoms with E-state index in [2.05, 4.69) is 35.0 Å². The highest BCUT2D eigenvalue weighted by molar-refractivity contribution is 9.10. The second-order valence-electron chi connectivity index (χ2n) is 6.28. The Kier molecular flexibility index (Phi) is 2.90. The summed E-state index contributed by atoms with van der Waals surface area (Å²) in [5.74, 6) is 1.13. The summed E-state index contributed by atoms with van der Waals surface area (Å²) < 4.78 is 0.945. The van der Waals surface area contributed by atoms with Crippen molar-refractivity contribution in [1.29, 1.82) is 0 Å². The molecule has 0 spiro atoms. The van der Waals surface area contributed by atoms with E-state index in [1.54, 1.807) is 0 Å². The molecule has 1 aromatic carbocycles. The Morgan fingerprint density at radius 3 is 2.62 bits per heavy atom. The van der Waals surface area contributed by atoms with E-state index < -0.39 is 0 Å². The third kappa shape index (κ3) is 1.73. The summed E-state index contributed by atoms with van der Waals surface area (Å²) >= 11 is 3.48. The van der Waals surface area contributed by atoms with E-state index in [0.29, 0.717) is 23.2 Å². The van der Waals surface area contributed by atoms with Gasteiger partial charge in [0.05, 0.1) is 5.57 Å². The molecule has 2 nitrogen and oxygen atoms in total. The molecule has 1 fully saturated rings. The Morgan fingerprint density at radius 1 is 1.24 bits per heavy atom. The number of Topliss-reactive ketones (excluding diaryl/α,β-unsaturated/α-hetero) is 1. The molecule has 4 atom stereocenters. The lowest BCUT2D eigenvalue weighted by Gasteiger charge is -2.19. The minimum Gasteiger partial charge on any atom is -0.511 e. The van der Waals surface area contributed by atoms with Gasteiger partial charge in [-0.25, -0.2) is 0 Å². The average Bonchev–Trinajstić information content (AvgIpc) is 3.13. The zero-order valence-electron chi connectivity index (χ0n) is 11.8. The second kappa shape index (κ2) is 4.57. The topological polar surface area (TPSA) is 37.3 Å². The molecule has 3 heteroatoms. The smallest absolute Gasteiger partial charge is 0.171 e. The molecule has 0 aromatic heterocycles. The molecule has 21 heavy (non-hydrogen) atoms. The first kappa shape index (κ1) is 13.3. The van der Waals surface area contributed by atoms with Crippen LogP contribution in [-0.4, -0.2) is 10.9 Å². The maximum absolute atomic E-state index is 12.9. The standard InChI is InChI=1S/C18H17BrO2/c1-2-9-5-6-12(19)8-13(9)16-17(20)14-10-3-4-11(7-10)15(14)18(16)21/h3-6,8,10-11,14-15,20H,2,7H2,1H3/t10?,11?,14-,15+/m1/s1. The number of allylic oxidation sites excluding steroid dienone is 4. The zero-order chi connectivity index (χ0) is 14.7. The first-order chi connectivity index (χ1) is 10.1. The van der Waals surface area contributed by atoms with Crippen LogP contribution >= 0.6 is 15.9 Å². The molecule has 2 unspecified atom stereocenters. The van der Waals surface area contributed by atoms with Gasteiger partial charge in [-0.05, 0) is 47.9 Å². The van der Waals surface area contributed by atoms with Crippen molar-refractivity contribution >= 4 is 27.3 Å². The van der Waals surface area contributed by atoms with Gasteiger partial charge in [-0.3, -0.25) is 4.79 Å². The summed E-state index contributed by atoms with van der Waals surface area (Å²) in [5, 5.41) is 10.7. The van der Waals surface area contributed by atoms with Crippen LogP contribution in [-0.2, 0) is 11.2 Å². The van der Waals surface area contributed by atoms with Gasteiger partial charge < -0.3 is 5.11 Å². The molecule has 3 aliphatic carbocycles. The van der Waals surface area contributed by atoms with Crippen molar-refractivity contribution in [2.24, 2.45) is 23.7 Å². The van der Waals surface area contributed by atoms with Crippen LogP contribution in [0.5, 0.6) is 0 Å². The maximum Gasteiger partial charge on any atom is 0.171 e. The fourth-order valence-corrected chi connectivity index (χ4v) is 4.73. The van der Waals surface area contributed by atoms with Gasteiger partial charge in [-0.1, -0.05) is 41.1 Å². The van der Waals surface area contributed by atoms with Crippen LogP contribution in [0.2, 0.25) is 0 Å². The van der Waals surface area contributed by atoms with Gasteiger partial charge >= 0.3 is 0 Å². The fourth-order valence-electron chi connectivity index (χ4n) is 4.37. The predicted octanol–water partition coefficient (Wildman–Crippen LogP) is 4.30. The van der Waals surface area contributed by atoms with Crippen molar-refractivity contribution in [2.45, 2.75) is 19.8 Å². The molecule has 0 saturated heterocycles. The number of rotatable bonds is 2. The highest BCUT2D eigenvalue weighted by Gasteiger charge is 2.55. The Bertz CT molecular complexity index is 701. The number of aliphatic hydroxyl groups excluding tert-OH is 1. The number of carbonyl (C=O) groups is 1. The van der Waals surface area contributed by atoms with Crippen molar-refractivity contribution in [1.82, 2.24) is 0 Å². The second-order valence-corrected chi connectivity index (χ2v) is 7.20. The lowest BCUT2D eigenvalue weighted by atomic mass is 9.84. The van der Waals surface area contributed by atoms with Crippen LogP contribution in [0.3, 0.4) is 0 Å². The van der Waals surface area contributed by atoms with Gasteiger partial charge in [0.2, 0.25) is 0 Å². The summed E-state index contributed by atoms with van der Waals surface area (Å²) in [6, 6.07) is 6.00. The lowest BCUT2D eigenvalue weighted by molar-refractivity contribution is -0.118. The molecule has 0 aliphatic heterocycles. The number of aryl methyl sites for hydroxylation is 1. The number of fused-ring (bicyclic) bond motifs is 5. The first-order valence-electron chi connectivity index (χ1n) is 7.56. The predicted molar refractivity (Wildman–Crippen MR) is 85.8 cm³/mol. The van der Waals surface area contributed by atoms with E-state index in [1.807, 2.05) is 18.2 Å². The normalized spacial score (nSPS) is 33.1. The molecule has 108 valence electrons. The SMILES string of the molecule is CCc1ccc(Br)cc1C1=C(O)[C@@H]2C3C=CC(C3)[C@@H]2C1=O. The summed E-state index contributed by atoms with van der Waals surface area (Å²) in [4.78, 5) is 12.9. The molecular formula is C18H17BrO2. The quantitative estimate of drug-likeness (QED) is 0.812. The largest absolute Gasteiger partial charge is 0.511 e. The average molecular weight is 345 g/mol. The molecule has 4 rings (SSSR count). The van der Waals surface area contributed by atoms with Crippen LogP contribution in [0, 0.1) is 23.7 Å². The Morgan fingerprint density at radius 2 is 1.95 bits per heavy atom. The number of carbonyl (C=O) groups excluding carboxylic acids is 1. The Hall–Kier alpha value is -1.35. The molecule has 1 aromatic rings. The molecule has 0 amide bonds.